The predicted molar refractivity (Wildman–Crippen MR) is 91.0 cm³/mol. The van der Waals surface area contributed by atoms with E-state index in [-0.39, 0.29) is 6.61 Å². The normalized spacial score (nSPS) is 10.6. The van der Waals surface area contributed by atoms with E-state index in [0.717, 1.165) is 16.8 Å². The molecule has 1 heterocycles. The first-order chi connectivity index (χ1) is 11.2. The van der Waals surface area contributed by atoms with Gasteiger partial charge in [0.05, 0.1) is 31.7 Å². The zero-order chi connectivity index (χ0) is 16.7. The Balaban J connectivity index is 2.08. The lowest BCUT2D eigenvalue weighted by molar-refractivity contribution is 0.127. The Kier molecular flexibility index (Phi) is 5.74. The molecule has 23 heavy (non-hydrogen) atoms. The lowest BCUT2D eigenvalue weighted by Crippen LogP contribution is -1.98. The molecule has 2 rings (SSSR count). The fourth-order valence-electron chi connectivity index (χ4n) is 2.17. The highest BCUT2D eigenvalue weighted by atomic mass is 16.6. The third kappa shape index (κ3) is 4.32. The highest BCUT2D eigenvalue weighted by molar-refractivity contribution is 5.77. The number of pyridine rings is 1. The van der Waals surface area contributed by atoms with Crippen molar-refractivity contribution < 1.29 is 14.3 Å². The molecule has 0 N–H and O–H groups in total. The minimum Gasteiger partial charge on any atom is -0.496 e. The summed E-state index contributed by atoms with van der Waals surface area (Å²) >= 11 is 0. The van der Waals surface area contributed by atoms with Gasteiger partial charge in [0.2, 0.25) is 0 Å². The fraction of sp³-hybridized carbons (Fsp3) is 0.222. The maximum absolute atomic E-state index is 5.37. The zero-order valence-corrected chi connectivity index (χ0v) is 13.6. The van der Waals surface area contributed by atoms with Gasteiger partial charge in [0.25, 0.3) is 0 Å². The van der Waals surface area contributed by atoms with E-state index in [1.807, 2.05) is 37.3 Å². The third-order valence-electron chi connectivity index (χ3n) is 3.23. The van der Waals surface area contributed by atoms with Crippen LogP contribution in [0.1, 0.15) is 22.5 Å². The molecule has 0 aliphatic carbocycles. The van der Waals surface area contributed by atoms with Crippen molar-refractivity contribution >= 4 is 12.3 Å². The van der Waals surface area contributed by atoms with E-state index in [0.29, 0.717) is 17.2 Å². The quantitative estimate of drug-likeness (QED) is 0.579. The van der Waals surface area contributed by atoms with Gasteiger partial charge in [-0.25, -0.2) is 0 Å². The van der Waals surface area contributed by atoms with Gasteiger partial charge in [0.15, 0.2) is 0 Å². The summed E-state index contributed by atoms with van der Waals surface area (Å²) in [6, 6.07) is 9.39. The number of ether oxygens (including phenoxy) is 2. The van der Waals surface area contributed by atoms with Crippen LogP contribution in [0.15, 0.2) is 42.1 Å². The number of nitrogens with zero attached hydrogens (tertiary/aromatic N) is 2. The zero-order valence-electron chi connectivity index (χ0n) is 13.6. The standard InChI is InChI=1S/C18H20N2O3/c1-5-14-9-13(2)20-15(10-14)11-19-23-12-16-17(21-3)7-6-8-18(16)22-4/h5-11H,1,12H2,2-4H3. The van der Waals surface area contributed by atoms with Crippen LogP contribution in [0, 0.1) is 6.92 Å². The van der Waals surface area contributed by atoms with E-state index in [4.69, 9.17) is 14.3 Å². The van der Waals surface area contributed by atoms with Gasteiger partial charge in [-0.1, -0.05) is 23.9 Å². The first kappa shape index (κ1) is 16.5. The molecule has 0 saturated carbocycles. The number of hydrogen-bond acceptors (Lipinski definition) is 5. The number of rotatable bonds is 7. The number of aryl methyl sites for hydroxylation is 1. The monoisotopic (exact) mass is 312 g/mol. The maximum atomic E-state index is 5.37. The van der Waals surface area contributed by atoms with E-state index < -0.39 is 0 Å². The molecule has 0 bridgehead atoms. The Hall–Kier alpha value is -2.82. The Morgan fingerprint density at radius 3 is 2.48 bits per heavy atom. The smallest absolute Gasteiger partial charge is 0.149 e. The van der Waals surface area contributed by atoms with Crippen LogP contribution in [0.25, 0.3) is 6.08 Å². The van der Waals surface area contributed by atoms with Gasteiger partial charge < -0.3 is 14.3 Å². The summed E-state index contributed by atoms with van der Waals surface area (Å²) in [7, 11) is 3.21. The molecule has 0 unspecified atom stereocenters. The minimum absolute atomic E-state index is 0.240. The van der Waals surface area contributed by atoms with Crippen molar-refractivity contribution in [1.29, 1.82) is 0 Å². The number of methoxy groups -OCH3 is 2. The Morgan fingerprint density at radius 2 is 1.87 bits per heavy atom. The first-order valence-corrected chi connectivity index (χ1v) is 7.14. The van der Waals surface area contributed by atoms with Crippen molar-refractivity contribution in [2.75, 3.05) is 14.2 Å². The van der Waals surface area contributed by atoms with E-state index in [1.54, 1.807) is 26.5 Å². The average Bonchev–Trinajstić information content (AvgIpc) is 2.57. The molecule has 0 radical (unpaired) electrons. The lowest BCUT2D eigenvalue weighted by atomic mass is 10.2. The van der Waals surface area contributed by atoms with Crippen LogP contribution in [0.5, 0.6) is 11.5 Å². The molecule has 0 aliphatic rings. The highest BCUT2D eigenvalue weighted by Crippen LogP contribution is 2.28. The van der Waals surface area contributed by atoms with Crippen LogP contribution in [0.4, 0.5) is 0 Å². The molecule has 0 saturated heterocycles. The molecule has 0 fully saturated rings. The van der Waals surface area contributed by atoms with Crippen molar-refractivity contribution in [2.45, 2.75) is 13.5 Å². The average molecular weight is 312 g/mol. The Labute approximate surface area is 136 Å². The van der Waals surface area contributed by atoms with Crippen molar-refractivity contribution in [3.05, 3.63) is 59.4 Å². The number of benzene rings is 1. The molecular formula is C18H20N2O3. The number of oxime groups is 1. The number of hydrogen-bond donors (Lipinski definition) is 0. The summed E-state index contributed by atoms with van der Waals surface area (Å²) in [6.45, 7) is 5.92. The molecule has 120 valence electrons. The molecular weight excluding hydrogens is 292 g/mol. The van der Waals surface area contributed by atoms with Gasteiger partial charge in [-0.2, -0.15) is 0 Å². The van der Waals surface area contributed by atoms with E-state index in [9.17, 15) is 0 Å². The van der Waals surface area contributed by atoms with Crippen molar-refractivity contribution in [2.24, 2.45) is 5.16 Å². The fourth-order valence-corrected chi connectivity index (χ4v) is 2.17. The summed E-state index contributed by atoms with van der Waals surface area (Å²) in [5.41, 5.74) is 3.41. The SMILES string of the molecule is C=Cc1cc(C)nc(C=NOCc2c(OC)cccc2OC)c1. The summed E-state index contributed by atoms with van der Waals surface area (Å²) in [4.78, 5) is 9.73. The van der Waals surface area contributed by atoms with E-state index >= 15 is 0 Å². The molecule has 5 nitrogen and oxygen atoms in total. The predicted octanol–water partition coefficient (Wildman–Crippen LogP) is 3.60. The molecule has 2 aromatic rings. The van der Waals surface area contributed by atoms with Gasteiger partial charge in [-0.15, -0.1) is 0 Å². The molecule has 5 heteroatoms. The van der Waals surface area contributed by atoms with Gasteiger partial charge in [0.1, 0.15) is 18.1 Å². The first-order valence-electron chi connectivity index (χ1n) is 7.14. The minimum atomic E-state index is 0.240. The summed E-state index contributed by atoms with van der Waals surface area (Å²) in [5, 5.41) is 3.97. The second-order valence-corrected chi connectivity index (χ2v) is 4.82. The maximum Gasteiger partial charge on any atom is 0.149 e. The van der Waals surface area contributed by atoms with Crippen LogP contribution in [0.3, 0.4) is 0 Å². The Bertz CT molecular complexity index is 689. The molecule has 0 aliphatic heterocycles. The summed E-state index contributed by atoms with van der Waals surface area (Å²) in [6.07, 6.45) is 3.34. The van der Waals surface area contributed by atoms with Crippen LogP contribution in [0.2, 0.25) is 0 Å². The van der Waals surface area contributed by atoms with Crippen LogP contribution < -0.4 is 9.47 Å². The van der Waals surface area contributed by atoms with Crippen LogP contribution >= 0.6 is 0 Å². The second-order valence-electron chi connectivity index (χ2n) is 4.82. The molecule has 1 aromatic heterocycles. The second kappa shape index (κ2) is 7.98. The lowest BCUT2D eigenvalue weighted by Gasteiger charge is -2.11. The van der Waals surface area contributed by atoms with Gasteiger partial charge in [-0.05, 0) is 36.8 Å². The van der Waals surface area contributed by atoms with Crippen LogP contribution in [-0.2, 0) is 11.4 Å². The molecule has 0 amide bonds. The van der Waals surface area contributed by atoms with Gasteiger partial charge >= 0.3 is 0 Å². The third-order valence-corrected chi connectivity index (χ3v) is 3.23. The molecule has 0 spiro atoms. The summed E-state index contributed by atoms with van der Waals surface area (Å²) < 4.78 is 10.6. The van der Waals surface area contributed by atoms with Crippen molar-refractivity contribution in [3.8, 4) is 11.5 Å². The van der Waals surface area contributed by atoms with Crippen molar-refractivity contribution in [1.82, 2.24) is 4.98 Å². The van der Waals surface area contributed by atoms with Gasteiger partial charge in [0, 0.05) is 5.69 Å². The van der Waals surface area contributed by atoms with Crippen LogP contribution in [-0.4, -0.2) is 25.4 Å². The van der Waals surface area contributed by atoms with Crippen molar-refractivity contribution in [3.63, 3.8) is 0 Å². The van der Waals surface area contributed by atoms with E-state index in [2.05, 4.69) is 16.7 Å². The highest BCUT2D eigenvalue weighted by Gasteiger charge is 2.09. The largest absolute Gasteiger partial charge is 0.496 e. The topological polar surface area (TPSA) is 52.9 Å². The Morgan fingerprint density at radius 1 is 1.17 bits per heavy atom. The molecule has 1 aromatic carbocycles. The van der Waals surface area contributed by atoms with Gasteiger partial charge in [-0.3, -0.25) is 4.98 Å². The number of aromatic nitrogens is 1. The van der Waals surface area contributed by atoms with E-state index in [1.165, 1.54) is 0 Å². The summed E-state index contributed by atoms with van der Waals surface area (Å²) in [5.74, 6) is 1.39. The molecule has 0 atom stereocenters.